The third kappa shape index (κ3) is 4.89. The fourth-order valence-electron chi connectivity index (χ4n) is 2.28. The van der Waals surface area contributed by atoms with E-state index in [1.165, 1.54) is 0 Å². The van der Waals surface area contributed by atoms with Crippen LogP contribution in [0.2, 0.25) is 0 Å². The number of carbonyl (C=O) groups is 1. The molecule has 0 aliphatic heterocycles. The maximum Gasteiger partial charge on any atom is 0.251 e. The summed E-state index contributed by atoms with van der Waals surface area (Å²) in [7, 11) is 0. The predicted molar refractivity (Wildman–Crippen MR) is 94.7 cm³/mol. The van der Waals surface area contributed by atoms with Crippen LogP contribution in [0.25, 0.3) is 0 Å². The van der Waals surface area contributed by atoms with Gasteiger partial charge in [-0.3, -0.25) is 4.79 Å². The van der Waals surface area contributed by atoms with Crippen molar-refractivity contribution in [1.29, 1.82) is 0 Å². The number of amides is 1. The molecule has 0 saturated heterocycles. The van der Waals surface area contributed by atoms with Gasteiger partial charge in [-0.25, -0.2) is 4.68 Å². The second-order valence-electron chi connectivity index (χ2n) is 6.28. The summed E-state index contributed by atoms with van der Waals surface area (Å²) >= 11 is 0. The highest BCUT2D eigenvalue weighted by Crippen LogP contribution is 2.12. The zero-order chi connectivity index (χ0) is 17.5. The van der Waals surface area contributed by atoms with E-state index >= 15 is 0 Å². The zero-order valence-corrected chi connectivity index (χ0v) is 14.9. The predicted octanol–water partition coefficient (Wildman–Crippen LogP) is 2.85. The van der Waals surface area contributed by atoms with Crippen LogP contribution in [0.15, 0.2) is 30.5 Å². The highest BCUT2D eigenvalue weighted by atomic mass is 16.1. The van der Waals surface area contributed by atoms with E-state index in [2.05, 4.69) is 41.7 Å². The Hall–Kier alpha value is -2.21. The minimum atomic E-state index is -0.0216. The fraction of sp³-hybridized carbons (Fsp3) is 0.500. The average molecular weight is 329 g/mol. The van der Waals surface area contributed by atoms with Crippen LogP contribution in [0, 0.1) is 0 Å². The Kier molecular flexibility index (Phi) is 6.49. The van der Waals surface area contributed by atoms with Gasteiger partial charge in [0.25, 0.3) is 5.91 Å². The topological polar surface area (TPSA) is 71.8 Å². The van der Waals surface area contributed by atoms with Gasteiger partial charge in [0.15, 0.2) is 0 Å². The second kappa shape index (κ2) is 8.59. The molecule has 2 N–H and O–H groups in total. The number of rotatable bonds is 8. The lowest BCUT2D eigenvalue weighted by molar-refractivity contribution is 0.0953. The molecular weight excluding hydrogens is 302 g/mol. The molecule has 1 aromatic carbocycles. The molecule has 1 atom stereocenters. The molecule has 1 aromatic heterocycles. The van der Waals surface area contributed by atoms with Gasteiger partial charge in [0.05, 0.1) is 17.9 Å². The Morgan fingerprint density at radius 2 is 2.08 bits per heavy atom. The van der Waals surface area contributed by atoms with Crippen LogP contribution >= 0.6 is 0 Å². The summed E-state index contributed by atoms with van der Waals surface area (Å²) in [6.07, 6.45) is 2.90. The molecule has 2 rings (SSSR count). The summed E-state index contributed by atoms with van der Waals surface area (Å²) < 4.78 is 1.85. The molecule has 6 heteroatoms. The van der Waals surface area contributed by atoms with E-state index in [4.69, 9.17) is 0 Å². The van der Waals surface area contributed by atoms with Crippen LogP contribution in [0.4, 0.5) is 0 Å². The molecule has 1 amide bonds. The van der Waals surface area contributed by atoms with E-state index in [9.17, 15) is 4.79 Å². The van der Waals surface area contributed by atoms with Crippen LogP contribution in [-0.2, 0) is 6.54 Å². The van der Waals surface area contributed by atoms with E-state index in [0.717, 1.165) is 17.7 Å². The van der Waals surface area contributed by atoms with Crippen molar-refractivity contribution in [2.45, 2.75) is 52.7 Å². The first-order valence-electron chi connectivity index (χ1n) is 8.53. The molecule has 0 radical (unpaired) electrons. The first-order valence-corrected chi connectivity index (χ1v) is 8.53. The standard InChI is InChI=1S/C18H27N5O/c1-5-9-19-18(24)16-8-6-7-15(10-16)11-20-14(4)17-12-23(13(2)3)22-21-17/h6-8,10,12-14,20H,5,9,11H2,1-4H3,(H,19,24). The zero-order valence-electron chi connectivity index (χ0n) is 14.9. The Morgan fingerprint density at radius 1 is 1.29 bits per heavy atom. The summed E-state index contributed by atoms with van der Waals surface area (Å²) in [4.78, 5) is 12.0. The molecule has 0 bridgehead atoms. The molecule has 0 fully saturated rings. The number of carbonyl (C=O) groups excluding carboxylic acids is 1. The number of hydrogen-bond donors (Lipinski definition) is 2. The molecule has 130 valence electrons. The van der Waals surface area contributed by atoms with E-state index in [0.29, 0.717) is 24.7 Å². The van der Waals surface area contributed by atoms with E-state index in [-0.39, 0.29) is 11.9 Å². The van der Waals surface area contributed by atoms with Gasteiger partial charge in [-0.15, -0.1) is 5.10 Å². The van der Waals surface area contributed by atoms with Gasteiger partial charge in [-0.05, 0) is 44.9 Å². The largest absolute Gasteiger partial charge is 0.352 e. The van der Waals surface area contributed by atoms with E-state index < -0.39 is 0 Å². The maximum atomic E-state index is 12.0. The first-order chi connectivity index (χ1) is 11.5. The Balaban J connectivity index is 1.94. The number of nitrogens with one attached hydrogen (secondary N) is 2. The number of aromatic nitrogens is 3. The molecule has 1 heterocycles. The van der Waals surface area contributed by atoms with Crippen molar-refractivity contribution in [3.05, 3.63) is 47.3 Å². The molecule has 0 saturated carbocycles. The normalized spacial score (nSPS) is 12.4. The molecule has 24 heavy (non-hydrogen) atoms. The van der Waals surface area contributed by atoms with Crippen molar-refractivity contribution in [2.75, 3.05) is 6.54 Å². The van der Waals surface area contributed by atoms with Gasteiger partial charge in [0, 0.05) is 24.7 Å². The fourth-order valence-corrected chi connectivity index (χ4v) is 2.28. The highest BCUT2D eigenvalue weighted by Gasteiger charge is 2.11. The van der Waals surface area contributed by atoms with Gasteiger partial charge in [0.1, 0.15) is 0 Å². The first kappa shape index (κ1) is 18.1. The summed E-state index contributed by atoms with van der Waals surface area (Å²) in [5.41, 5.74) is 2.68. The van der Waals surface area contributed by atoms with Crippen LogP contribution in [0.3, 0.4) is 0 Å². The summed E-state index contributed by atoms with van der Waals surface area (Å²) in [6, 6.07) is 8.09. The SMILES string of the molecule is CCCNC(=O)c1cccc(CNC(C)c2cn(C(C)C)nn2)c1. The molecule has 0 aliphatic carbocycles. The minimum Gasteiger partial charge on any atom is -0.352 e. The second-order valence-corrected chi connectivity index (χ2v) is 6.28. The maximum absolute atomic E-state index is 12.0. The van der Waals surface area contributed by atoms with Gasteiger partial charge in [0.2, 0.25) is 0 Å². The molecule has 2 aromatic rings. The summed E-state index contributed by atoms with van der Waals surface area (Å²) in [6.45, 7) is 9.62. The van der Waals surface area contributed by atoms with Gasteiger partial charge < -0.3 is 10.6 Å². The van der Waals surface area contributed by atoms with Crippen LogP contribution < -0.4 is 10.6 Å². The Bertz CT molecular complexity index is 665. The monoisotopic (exact) mass is 329 g/mol. The molecule has 0 aliphatic rings. The molecule has 6 nitrogen and oxygen atoms in total. The smallest absolute Gasteiger partial charge is 0.251 e. The van der Waals surface area contributed by atoms with Crippen LogP contribution in [0.5, 0.6) is 0 Å². The summed E-state index contributed by atoms with van der Waals surface area (Å²) in [5.74, 6) is -0.0216. The quantitative estimate of drug-likeness (QED) is 0.781. The van der Waals surface area contributed by atoms with Gasteiger partial charge in [-0.1, -0.05) is 24.3 Å². The van der Waals surface area contributed by atoms with Crippen molar-refractivity contribution < 1.29 is 4.79 Å². The Morgan fingerprint density at radius 3 is 2.75 bits per heavy atom. The van der Waals surface area contributed by atoms with Crippen molar-refractivity contribution in [3.8, 4) is 0 Å². The third-order valence-electron chi connectivity index (χ3n) is 3.84. The van der Waals surface area contributed by atoms with Gasteiger partial charge in [-0.2, -0.15) is 0 Å². The van der Waals surface area contributed by atoms with Crippen molar-refractivity contribution in [2.24, 2.45) is 0 Å². The lowest BCUT2D eigenvalue weighted by Gasteiger charge is -2.12. The van der Waals surface area contributed by atoms with Crippen LogP contribution in [0.1, 0.15) is 67.8 Å². The number of nitrogens with zero attached hydrogens (tertiary/aromatic N) is 3. The molecule has 1 unspecified atom stereocenters. The van der Waals surface area contributed by atoms with E-state index in [1.54, 1.807) is 0 Å². The highest BCUT2D eigenvalue weighted by molar-refractivity contribution is 5.94. The average Bonchev–Trinajstić information content (AvgIpc) is 3.08. The molecular formula is C18H27N5O. The number of benzene rings is 1. The van der Waals surface area contributed by atoms with E-state index in [1.807, 2.05) is 42.1 Å². The van der Waals surface area contributed by atoms with Crippen molar-refractivity contribution in [1.82, 2.24) is 25.6 Å². The lowest BCUT2D eigenvalue weighted by atomic mass is 10.1. The van der Waals surface area contributed by atoms with Crippen molar-refractivity contribution in [3.63, 3.8) is 0 Å². The van der Waals surface area contributed by atoms with Crippen molar-refractivity contribution >= 4 is 5.91 Å². The Labute approximate surface area is 143 Å². The van der Waals surface area contributed by atoms with Crippen LogP contribution in [-0.4, -0.2) is 27.4 Å². The van der Waals surface area contributed by atoms with Gasteiger partial charge >= 0.3 is 0 Å². The minimum absolute atomic E-state index is 0.0216. The molecule has 0 spiro atoms. The third-order valence-corrected chi connectivity index (χ3v) is 3.84. The lowest BCUT2D eigenvalue weighted by Crippen LogP contribution is -2.24. The number of hydrogen-bond acceptors (Lipinski definition) is 4. The summed E-state index contributed by atoms with van der Waals surface area (Å²) in [5, 5.41) is 14.7.